The van der Waals surface area contributed by atoms with Gasteiger partial charge in [-0.05, 0) is 58.6 Å². The number of nitro groups is 1. The van der Waals surface area contributed by atoms with Crippen LogP contribution in [0.15, 0.2) is 42.5 Å². The van der Waals surface area contributed by atoms with E-state index in [-0.39, 0.29) is 54.0 Å². The van der Waals surface area contributed by atoms with Crippen LogP contribution in [0, 0.1) is 16.0 Å². The van der Waals surface area contributed by atoms with Crippen LogP contribution in [0.3, 0.4) is 0 Å². The van der Waals surface area contributed by atoms with Gasteiger partial charge in [-0.3, -0.25) is 34.7 Å². The average Bonchev–Trinajstić information content (AvgIpc) is 3.12. The summed E-state index contributed by atoms with van der Waals surface area (Å²) in [5, 5.41) is 22.5. The van der Waals surface area contributed by atoms with Crippen LogP contribution in [-0.2, 0) is 30.3 Å². The predicted octanol–water partition coefficient (Wildman–Crippen LogP) is 3.36. The number of rotatable bonds is 20. The third-order valence-electron chi connectivity index (χ3n) is 8.31. The first-order valence-corrected chi connectivity index (χ1v) is 17.8. The Morgan fingerprint density at radius 1 is 0.907 bits per heavy atom. The Hall–Kier alpha value is -5.45. The summed E-state index contributed by atoms with van der Waals surface area (Å²) in [5.74, 6) is -2.10. The molecule has 0 bridgehead atoms. The molecule has 5 atom stereocenters. The van der Waals surface area contributed by atoms with Crippen LogP contribution in [0.5, 0.6) is 11.5 Å². The molecule has 2 aromatic carbocycles. The normalized spacial score (nSPS) is 13.9. The van der Waals surface area contributed by atoms with E-state index in [9.17, 15) is 34.1 Å². The van der Waals surface area contributed by atoms with Gasteiger partial charge in [0, 0.05) is 19.9 Å². The Bertz CT molecular complexity index is 1600. The zero-order valence-corrected chi connectivity index (χ0v) is 32.5. The first kappa shape index (κ1) is 44.7. The largest absolute Gasteiger partial charge is 0.493 e. The highest BCUT2D eigenvalue weighted by atomic mass is 16.6. The Morgan fingerprint density at radius 2 is 1.57 bits per heavy atom. The molecule has 1 unspecified atom stereocenters. The minimum absolute atomic E-state index is 0.117. The molecule has 0 heterocycles. The maximum absolute atomic E-state index is 13.5. The molecule has 17 heteroatoms. The Morgan fingerprint density at radius 3 is 2.15 bits per heavy atom. The van der Waals surface area contributed by atoms with Crippen molar-refractivity contribution in [1.29, 1.82) is 0 Å². The molecule has 0 aliphatic carbocycles. The van der Waals surface area contributed by atoms with Crippen molar-refractivity contribution in [3.05, 3.63) is 63.7 Å². The van der Waals surface area contributed by atoms with Crippen molar-refractivity contribution in [1.82, 2.24) is 32.1 Å². The number of carbonyl (C=O) groups is 5. The van der Waals surface area contributed by atoms with Crippen molar-refractivity contribution < 1.29 is 43.1 Å². The number of hydrazine groups is 1. The van der Waals surface area contributed by atoms with Gasteiger partial charge in [-0.15, -0.1) is 0 Å². The quantitative estimate of drug-likeness (QED) is 0.0652. The summed E-state index contributed by atoms with van der Waals surface area (Å²) in [6.07, 6.45) is 0.422. The van der Waals surface area contributed by atoms with E-state index in [0.29, 0.717) is 12.8 Å². The van der Waals surface area contributed by atoms with Crippen molar-refractivity contribution in [2.24, 2.45) is 5.92 Å². The van der Waals surface area contributed by atoms with E-state index < -0.39 is 58.5 Å². The third-order valence-corrected chi connectivity index (χ3v) is 8.31. The Kier molecular flexibility index (Phi) is 17.6. The number of benzene rings is 2. The summed E-state index contributed by atoms with van der Waals surface area (Å²) in [6.45, 7) is 11.9. The second-order valence-corrected chi connectivity index (χ2v) is 13.8. The lowest BCUT2D eigenvalue weighted by Gasteiger charge is -2.27. The van der Waals surface area contributed by atoms with Gasteiger partial charge in [-0.2, -0.15) is 0 Å². The molecule has 0 fully saturated rings. The van der Waals surface area contributed by atoms with E-state index in [1.807, 2.05) is 13.0 Å². The monoisotopic (exact) mass is 757 g/mol. The van der Waals surface area contributed by atoms with Crippen molar-refractivity contribution in [3.63, 3.8) is 0 Å². The molecule has 0 radical (unpaired) electrons. The molecule has 0 aliphatic rings. The number of nitro benzene ring substituents is 1. The van der Waals surface area contributed by atoms with Gasteiger partial charge < -0.3 is 35.5 Å². The van der Waals surface area contributed by atoms with Gasteiger partial charge >= 0.3 is 6.09 Å². The molecule has 0 saturated heterocycles. The highest BCUT2D eigenvalue weighted by molar-refractivity contribution is 5.93. The first-order valence-electron chi connectivity index (χ1n) is 17.8. The lowest BCUT2D eigenvalue weighted by atomic mass is 9.98. The van der Waals surface area contributed by atoms with Gasteiger partial charge in [-0.25, -0.2) is 10.2 Å². The zero-order valence-electron chi connectivity index (χ0n) is 32.5. The number of carbonyl (C=O) groups excluding carboxylic acids is 5. The number of alkyl carbamates (subject to hydrolysis) is 1. The van der Waals surface area contributed by atoms with Crippen molar-refractivity contribution in [2.75, 3.05) is 20.8 Å². The lowest BCUT2D eigenvalue weighted by Crippen LogP contribution is -2.58. The highest BCUT2D eigenvalue weighted by Crippen LogP contribution is 2.37. The second kappa shape index (κ2) is 21.3. The van der Waals surface area contributed by atoms with E-state index in [2.05, 4.69) is 32.1 Å². The number of nitrogens with one attached hydrogen (secondary N) is 6. The SMILES string of the molecule is CC[C@H](C)[C@H](NC(=O)[C@@H](C)NC(=O)[C@H](Cc1ccccc1)NC(=O)OC(C)(C)C)C(=O)NNC(C)c1cc(OC)c(OCCCC(=O)NC)cc1[N+](=O)[O-]. The minimum Gasteiger partial charge on any atom is -0.493 e. The smallest absolute Gasteiger partial charge is 0.408 e. The molecule has 0 aliphatic heterocycles. The summed E-state index contributed by atoms with van der Waals surface area (Å²) in [5.41, 5.74) is 5.19. The fourth-order valence-electron chi connectivity index (χ4n) is 5.09. The Balaban J connectivity index is 2.15. The number of hydrogen-bond donors (Lipinski definition) is 6. The number of amides is 5. The van der Waals surface area contributed by atoms with Crippen LogP contribution in [0.25, 0.3) is 0 Å². The first-order chi connectivity index (χ1) is 25.4. The molecular formula is C37H55N7O10. The lowest BCUT2D eigenvalue weighted by molar-refractivity contribution is -0.385. The van der Waals surface area contributed by atoms with Crippen LogP contribution in [0.1, 0.15) is 84.9 Å². The molecule has 2 aromatic rings. The molecule has 0 spiro atoms. The van der Waals surface area contributed by atoms with Gasteiger partial charge in [0.1, 0.15) is 23.7 Å². The van der Waals surface area contributed by atoms with Gasteiger partial charge in [0.2, 0.25) is 17.7 Å². The number of hydrogen-bond acceptors (Lipinski definition) is 11. The van der Waals surface area contributed by atoms with Crippen LogP contribution in [0.4, 0.5) is 10.5 Å². The van der Waals surface area contributed by atoms with Gasteiger partial charge in [0.05, 0.1) is 36.3 Å². The van der Waals surface area contributed by atoms with E-state index in [1.54, 1.807) is 58.9 Å². The van der Waals surface area contributed by atoms with E-state index >= 15 is 0 Å². The maximum Gasteiger partial charge on any atom is 0.408 e. The Labute approximate surface area is 316 Å². The van der Waals surface area contributed by atoms with Gasteiger partial charge in [0.15, 0.2) is 11.5 Å². The molecule has 5 amide bonds. The van der Waals surface area contributed by atoms with Crippen molar-refractivity contribution in [2.45, 2.75) is 104 Å². The molecule has 2 rings (SSSR count). The molecule has 17 nitrogen and oxygen atoms in total. The van der Waals surface area contributed by atoms with E-state index in [4.69, 9.17) is 14.2 Å². The fraction of sp³-hybridized carbons (Fsp3) is 0.541. The molecule has 298 valence electrons. The predicted molar refractivity (Wildman–Crippen MR) is 200 cm³/mol. The minimum atomic E-state index is -1.11. The summed E-state index contributed by atoms with van der Waals surface area (Å²) in [6, 6.07) is 7.62. The van der Waals surface area contributed by atoms with E-state index in [1.165, 1.54) is 33.2 Å². The van der Waals surface area contributed by atoms with Crippen LogP contribution in [0.2, 0.25) is 0 Å². The maximum atomic E-state index is 13.5. The van der Waals surface area contributed by atoms with Gasteiger partial charge in [-0.1, -0.05) is 50.6 Å². The number of methoxy groups -OCH3 is 1. The molecule has 0 saturated carbocycles. The van der Waals surface area contributed by atoms with E-state index in [0.717, 1.165) is 5.56 Å². The number of ether oxygens (including phenoxy) is 3. The summed E-state index contributed by atoms with van der Waals surface area (Å²) in [4.78, 5) is 75.8. The standard InChI is InChI=1S/C37H55N7O10/c1-10-22(2)32(41-33(46)24(4)39-34(47)27(19-25-15-12-11-13-16-25)40-36(49)54-37(5,6)7)35(48)43-42-23(3)26-20-29(52-9)30(21-28(26)44(50)51)53-18-14-17-31(45)38-8/h11-13,15-16,20-24,27,32,42H,10,14,17-19H2,1-9H3,(H,38,45)(H,39,47)(H,40,49)(H,41,46)(H,43,48)/t22-,23?,24+,27-,32-/m0/s1. The topological polar surface area (TPSA) is 228 Å². The summed E-state index contributed by atoms with van der Waals surface area (Å²) >= 11 is 0. The van der Waals surface area contributed by atoms with Crippen molar-refractivity contribution in [3.8, 4) is 11.5 Å². The molecule has 54 heavy (non-hydrogen) atoms. The second-order valence-electron chi connectivity index (χ2n) is 13.8. The third kappa shape index (κ3) is 14.5. The molecular weight excluding hydrogens is 702 g/mol. The number of nitrogens with zero attached hydrogens (tertiary/aromatic N) is 1. The average molecular weight is 758 g/mol. The molecule has 0 aromatic heterocycles. The highest BCUT2D eigenvalue weighted by Gasteiger charge is 2.32. The summed E-state index contributed by atoms with van der Waals surface area (Å²) in [7, 11) is 2.90. The summed E-state index contributed by atoms with van der Waals surface area (Å²) < 4.78 is 16.4. The van der Waals surface area contributed by atoms with Crippen LogP contribution < -0.4 is 41.6 Å². The van der Waals surface area contributed by atoms with Crippen LogP contribution in [-0.4, -0.2) is 79.1 Å². The fourth-order valence-corrected chi connectivity index (χ4v) is 5.09. The van der Waals surface area contributed by atoms with Crippen molar-refractivity contribution >= 4 is 35.4 Å². The van der Waals surface area contributed by atoms with Gasteiger partial charge in [0.25, 0.3) is 11.6 Å². The zero-order chi connectivity index (χ0) is 40.6. The molecule has 6 N–H and O–H groups in total. The van der Waals surface area contributed by atoms with Crippen LogP contribution >= 0.6 is 0 Å².